The van der Waals surface area contributed by atoms with Crippen LogP contribution in [0.5, 0.6) is 0 Å². The largest absolute Gasteiger partial charge is 0.311 e. The van der Waals surface area contributed by atoms with Crippen LogP contribution in [0.15, 0.2) is 19.0 Å². The monoisotopic (exact) mass is 150 g/mol. The van der Waals surface area contributed by atoms with E-state index in [1.54, 1.807) is 6.20 Å². The Morgan fingerprint density at radius 2 is 2.55 bits per heavy atom. The predicted molar refractivity (Wildman–Crippen MR) is 47.2 cm³/mol. The molecule has 0 spiro atoms. The van der Waals surface area contributed by atoms with Crippen LogP contribution in [0.4, 0.5) is 0 Å². The minimum atomic E-state index is 1.05. The van der Waals surface area contributed by atoms with Crippen LogP contribution in [0, 0.1) is 0 Å². The maximum atomic E-state index is 4.22. The molecule has 0 fully saturated rings. The Morgan fingerprint density at radius 1 is 1.73 bits per heavy atom. The van der Waals surface area contributed by atoms with E-state index in [2.05, 4.69) is 18.5 Å². The molecule has 0 radical (unpaired) electrons. The molecule has 1 aromatic rings. The smallest absolute Gasteiger partial charge is 0.112 e. The fourth-order valence-corrected chi connectivity index (χ4v) is 1.04. The van der Waals surface area contributed by atoms with Gasteiger partial charge < -0.3 is 4.57 Å². The Bertz CT molecular complexity index is 225. The van der Waals surface area contributed by atoms with Gasteiger partial charge in [-0.05, 0) is 6.42 Å². The van der Waals surface area contributed by atoms with Crippen molar-refractivity contribution in [2.24, 2.45) is 0 Å². The van der Waals surface area contributed by atoms with E-state index in [4.69, 9.17) is 0 Å². The Labute approximate surface area is 67.6 Å². The van der Waals surface area contributed by atoms with E-state index in [9.17, 15) is 0 Å². The molecular weight excluding hydrogens is 136 g/mol. The Hall–Kier alpha value is -1.05. The lowest BCUT2D eigenvalue weighted by atomic mass is 10.2. The van der Waals surface area contributed by atoms with Gasteiger partial charge in [-0.3, -0.25) is 0 Å². The molecule has 0 unspecified atom stereocenters. The molecule has 2 nitrogen and oxygen atoms in total. The third kappa shape index (κ3) is 1.93. The number of aryl methyl sites for hydroxylation is 1. The van der Waals surface area contributed by atoms with Crippen molar-refractivity contribution in [3.63, 3.8) is 0 Å². The van der Waals surface area contributed by atoms with E-state index in [1.165, 1.54) is 12.8 Å². The quantitative estimate of drug-likeness (QED) is 0.644. The first-order valence-electron chi connectivity index (χ1n) is 4.02. The second-order valence-electron chi connectivity index (χ2n) is 2.54. The van der Waals surface area contributed by atoms with Gasteiger partial charge in [0, 0.05) is 25.0 Å². The van der Waals surface area contributed by atoms with Crippen LogP contribution < -0.4 is 0 Å². The molecular formula is C9H14N2. The van der Waals surface area contributed by atoms with Crippen molar-refractivity contribution >= 4 is 6.20 Å². The molecule has 2 heteroatoms. The van der Waals surface area contributed by atoms with Gasteiger partial charge in [0.1, 0.15) is 5.82 Å². The van der Waals surface area contributed by atoms with Crippen molar-refractivity contribution < 1.29 is 0 Å². The number of aromatic nitrogens is 2. The van der Waals surface area contributed by atoms with Crippen molar-refractivity contribution in [1.29, 1.82) is 0 Å². The standard InChI is InChI=1S/C9H14N2/c1-3-5-6-9-10-7-8-11(9)4-2/h4,7-8H,2-3,5-6H2,1H3. The van der Waals surface area contributed by atoms with E-state index in [0.717, 1.165) is 12.2 Å². The van der Waals surface area contributed by atoms with Crippen LogP contribution in [-0.4, -0.2) is 9.55 Å². The molecule has 0 aliphatic carbocycles. The highest BCUT2D eigenvalue weighted by molar-refractivity contribution is 5.19. The summed E-state index contributed by atoms with van der Waals surface area (Å²) >= 11 is 0. The van der Waals surface area contributed by atoms with Gasteiger partial charge in [-0.1, -0.05) is 19.9 Å². The normalized spacial score (nSPS) is 9.91. The topological polar surface area (TPSA) is 17.8 Å². The molecule has 0 saturated carbocycles. The lowest BCUT2D eigenvalue weighted by Gasteiger charge is -1.99. The van der Waals surface area contributed by atoms with Gasteiger partial charge in [-0.2, -0.15) is 0 Å². The van der Waals surface area contributed by atoms with Crippen LogP contribution in [-0.2, 0) is 6.42 Å². The van der Waals surface area contributed by atoms with E-state index in [-0.39, 0.29) is 0 Å². The third-order valence-electron chi connectivity index (χ3n) is 1.70. The van der Waals surface area contributed by atoms with Gasteiger partial charge in [0.05, 0.1) is 0 Å². The highest BCUT2D eigenvalue weighted by Gasteiger charge is 1.97. The lowest BCUT2D eigenvalue weighted by Crippen LogP contribution is -1.94. The number of hydrogen-bond acceptors (Lipinski definition) is 1. The molecule has 0 bridgehead atoms. The summed E-state index contributed by atoms with van der Waals surface area (Å²) in [6, 6.07) is 0. The summed E-state index contributed by atoms with van der Waals surface area (Å²) in [7, 11) is 0. The van der Waals surface area contributed by atoms with Crippen molar-refractivity contribution in [3.05, 3.63) is 24.8 Å². The molecule has 1 rings (SSSR count). The highest BCUT2D eigenvalue weighted by Crippen LogP contribution is 2.02. The molecule has 0 amide bonds. The zero-order valence-electron chi connectivity index (χ0n) is 6.95. The molecule has 0 N–H and O–H groups in total. The second kappa shape index (κ2) is 3.96. The number of unbranched alkanes of at least 4 members (excludes halogenated alkanes) is 1. The first kappa shape index (κ1) is 8.05. The molecule has 1 aromatic heterocycles. The van der Waals surface area contributed by atoms with Crippen LogP contribution in [0.1, 0.15) is 25.6 Å². The first-order chi connectivity index (χ1) is 5.38. The summed E-state index contributed by atoms with van der Waals surface area (Å²) in [5.74, 6) is 1.11. The average molecular weight is 150 g/mol. The molecule has 1 heterocycles. The van der Waals surface area contributed by atoms with Crippen LogP contribution in [0.3, 0.4) is 0 Å². The Kier molecular flexibility index (Phi) is 2.90. The maximum absolute atomic E-state index is 4.22. The molecule has 60 valence electrons. The van der Waals surface area contributed by atoms with Gasteiger partial charge >= 0.3 is 0 Å². The van der Waals surface area contributed by atoms with Crippen molar-refractivity contribution in [2.45, 2.75) is 26.2 Å². The predicted octanol–water partition coefficient (Wildman–Crippen LogP) is 2.33. The SMILES string of the molecule is C=Cn1ccnc1CCCC. The summed E-state index contributed by atoms with van der Waals surface area (Å²) in [4.78, 5) is 4.22. The third-order valence-corrected chi connectivity index (χ3v) is 1.70. The van der Waals surface area contributed by atoms with Crippen LogP contribution >= 0.6 is 0 Å². The zero-order valence-corrected chi connectivity index (χ0v) is 6.95. The van der Waals surface area contributed by atoms with E-state index >= 15 is 0 Å². The fourth-order valence-electron chi connectivity index (χ4n) is 1.04. The average Bonchev–Trinajstić information content (AvgIpc) is 2.47. The second-order valence-corrected chi connectivity index (χ2v) is 2.54. The van der Waals surface area contributed by atoms with Gasteiger partial charge in [0.25, 0.3) is 0 Å². The molecule has 11 heavy (non-hydrogen) atoms. The lowest BCUT2D eigenvalue weighted by molar-refractivity contribution is 0.747. The van der Waals surface area contributed by atoms with E-state index in [1.807, 2.05) is 17.0 Å². The van der Waals surface area contributed by atoms with Gasteiger partial charge in [-0.25, -0.2) is 4.98 Å². The molecule has 0 aromatic carbocycles. The van der Waals surface area contributed by atoms with E-state index < -0.39 is 0 Å². The van der Waals surface area contributed by atoms with Gasteiger partial charge in [0.2, 0.25) is 0 Å². The van der Waals surface area contributed by atoms with Crippen LogP contribution in [0.25, 0.3) is 6.20 Å². The van der Waals surface area contributed by atoms with Crippen molar-refractivity contribution in [1.82, 2.24) is 9.55 Å². The fraction of sp³-hybridized carbons (Fsp3) is 0.444. The first-order valence-corrected chi connectivity index (χ1v) is 4.02. The summed E-state index contributed by atoms with van der Waals surface area (Å²) in [6.45, 7) is 5.88. The highest BCUT2D eigenvalue weighted by atomic mass is 15.0. The molecule has 0 atom stereocenters. The van der Waals surface area contributed by atoms with Gasteiger partial charge in [-0.15, -0.1) is 0 Å². The summed E-state index contributed by atoms with van der Waals surface area (Å²) in [6.07, 6.45) is 8.99. The van der Waals surface area contributed by atoms with Crippen molar-refractivity contribution in [2.75, 3.05) is 0 Å². The maximum Gasteiger partial charge on any atom is 0.112 e. The number of hydrogen-bond donors (Lipinski definition) is 0. The minimum Gasteiger partial charge on any atom is -0.311 e. The minimum absolute atomic E-state index is 1.05. The van der Waals surface area contributed by atoms with E-state index in [0.29, 0.717) is 0 Å². The molecule has 0 aliphatic rings. The number of imidazole rings is 1. The zero-order chi connectivity index (χ0) is 8.10. The van der Waals surface area contributed by atoms with Gasteiger partial charge in [0.15, 0.2) is 0 Å². The molecule has 0 aliphatic heterocycles. The summed E-state index contributed by atoms with van der Waals surface area (Å²) in [5.41, 5.74) is 0. The number of rotatable bonds is 4. The Morgan fingerprint density at radius 3 is 3.18 bits per heavy atom. The number of nitrogens with zero attached hydrogens (tertiary/aromatic N) is 2. The molecule has 0 saturated heterocycles. The Balaban J connectivity index is 2.61. The van der Waals surface area contributed by atoms with Crippen LogP contribution in [0.2, 0.25) is 0 Å². The summed E-state index contributed by atoms with van der Waals surface area (Å²) in [5, 5.41) is 0. The summed E-state index contributed by atoms with van der Waals surface area (Å²) < 4.78 is 1.97. The van der Waals surface area contributed by atoms with Crippen molar-refractivity contribution in [3.8, 4) is 0 Å².